The minimum atomic E-state index is 0.0678. The average molecular weight is 444 g/mol. The van der Waals surface area contributed by atoms with E-state index in [1.165, 1.54) is 70.1 Å². The molecular weight excluding hydrogens is 414 g/mol. The van der Waals surface area contributed by atoms with Gasteiger partial charge in [0.1, 0.15) is 0 Å². The molecule has 2 aliphatic rings. The van der Waals surface area contributed by atoms with E-state index in [1.54, 1.807) is 0 Å². The number of pyridine rings is 1. The summed E-state index contributed by atoms with van der Waals surface area (Å²) in [6.07, 6.45) is 8.92. The molecule has 3 aromatic carbocycles. The molecule has 0 N–H and O–H groups in total. The van der Waals surface area contributed by atoms with Crippen LogP contribution in [-0.4, -0.2) is 15.1 Å². The van der Waals surface area contributed by atoms with Gasteiger partial charge in [0.2, 0.25) is 0 Å². The van der Waals surface area contributed by atoms with Gasteiger partial charge in [-0.3, -0.25) is 4.98 Å². The number of hydrogen-bond acceptors (Lipinski definition) is 2. The largest absolute Gasteiger partial charge is 0.334 e. The molecule has 0 amide bonds. The van der Waals surface area contributed by atoms with Gasteiger partial charge >= 0.3 is 0 Å². The Hall–Kier alpha value is -3.59. The lowest BCUT2D eigenvalue weighted by molar-refractivity contribution is 0.195. The van der Waals surface area contributed by atoms with E-state index in [-0.39, 0.29) is 11.0 Å². The van der Waals surface area contributed by atoms with Crippen molar-refractivity contribution in [3.8, 4) is 5.69 Å². The number of nitrogens with zero attached hydrogens (tertiary/aromatic N) is 3. The maximum Gasteiger partial charge on any atom is 0.0571 e. The Kier molecular flexibility index (Phi) is 4.06. The van der Waals surface area contributed by atoms with Crippen molar-refractivity contribution in [3.63, 3.8) is 0 Å². The Balaban J connectivity index is 1.51. The number of aromatic nitrogens is 2. The summed E-state index contributed by atoms with van der Waals surface area (Å²) < 4.78 is 2.42. The first-order valence-electron chi connectivity index (χ1n) is 12.5. The Morgan fingerprint density at radius 3 is 2.38 bits per heavy atom. The molecule has 1 aliphatic carbocycles. The molecule has 0 radical (unpaired) electrons. The first-order chi connectivity index (χ1) is 16.6. The molecule has 1 saturated carbocycles. The van der Waals surface area contributed by atoms with Crippen LogP contribution in [0.5, 0.6) is 0 Å². The van der Waals surface area contributed by atoms with E-state index in [1.807, 2.05) is 12.4 Å². The molecule has 7 rings (SSSR count). The van der Waals surface area contributed by atoms with Gasteiger partial charge in [-0.1, -0.05) is 56.2 Å². The van der Waals surface area contributed by atoms with E-state index >= 15 is 0 Å². The quantitative estimate of drug-likeness (QED) is 0.276. The van der Waals surface area contributed by atoms with Crippen LogP contribution < -0.4 is 4.90 Å². The molecular formula is C31H29N3. The third kappa shape index (κ3) is 2.45. The molecule has 1 fully saturated rings. The van der Waals surface area contributed by atoms with Crippen molar-refractivity contribution in [1.82, 2.24) is 9.55 Å². The van der Waals surface area contributed by atoms with Crippen LogP contribution in [0.25, 0.3) is 27.5 Å². The monoisotopic (exact) mass is 443 g/mol. The number of fused-ring (bicyclic) bond motifs is 6. The highest BCUT2D eigenvalue weighted by Crippen LogP contribution is 2.61. The minimum absolute atomic E-state index is 0.0678. The molecule has 3 heteroatoms. The standard InChI is InChI=1S/C31H29N3/c1-30-17-8-9-18-31(30,2)34(22-10-4-3-5-11-22)29-15-14-23(20-26(29)30)33-27-13-7-6-12-24(27)25-21-32-19-16-28(25)33/h3-7,10-16,19-21H,8-9,17-18H2,1-2H3. The number of rotatable bonds is 2. The van der Waals surface area contributed by atoms with E-state index < -0.39 is 0 Å². The van der Waals surface area contributed by atoms with Crippen LogP contribution in [0, 0.1) is 0 Å². The first kappa shape index (κ1) is 19.8. The van der Waals surface area contributed by atoms with Gasteiger partial charge in [0.25, 0.3) is 0 Å². The summed E-state index contributed by atoms with van der Waals surface area (Å²) in [5.74, 6) is 0. The van der Waals surface area contributed by atoms with Crippen LogP contribution in [0.15, 0.2) is 91.3 Å². The third-order valence-corrected chi connectivity index (χ3v) is 8.83. The van der Waals surface area contributed by atoms with Crippen LogP contribution in [-0.2, 0) is 5.41 Å². The number of para-hydroxylation sites is 2. The lowest BCUT2D eigenvalue weighted by Crippen LogP contribution is -2.54. The van der Waals surface area contributed by atoms with Gasteiger partial charge in [-0.25, -0.2) is 0 Å². The fourth-order valence-electron chi connectivity index (χ4n) is 6.94. The van der Waals surface area contributed by atoms with Crippen molar-refractivity contribution in [2.24, 2.45) is 0 Å². The molecule has 3 nitrogen and oxygen atoms in total. The van der Waals surface area contributed by atoms with Gasteiger partial charge in [-0.05, 0) is 67.8 Å². The van der Waals surface area contributed by atoms with E-state index in [0.29, 0.717) is 0 Å². The van der Waals surface area contributed by atoms with Crippen LogP contribution in [0.2, 0.25) is 0 Å². The first-order valence-corrected chi connectivity index (χ1v) is 12.5. The van der Waals surface area contributed by atoms with Gasteiger partial charge in [0, 0.05) is 45.6 Å². The third-order valence-electron chi connectivity index (χ3n) is 8.83. The lowest BCUT2D eigenvalue weighted by atomic mass is 9.61. The molecule has 3 heterocycles. The number of anilines is 2. The fraction of sp³-hybridized carbons (Fsp3) is 0.258. The van der Waals surface area contributed by atoms with E-state index in [9.17, 15) is 0 Å². The zero-order valence-electron chi connectivity index (χ0n) is 19.8. The molecule has 168 valence electrons. The second kappa shape index (κ2) is 6.96. The fourth-order valence-corrected chi connectivity index (χ4v) is 6.94. The molecule has 5 aromatic rings. The second-order valence-electron chi connectivity index (χ2n) is 10.4. The van der Waals surface area contributed by atoms with Gasteiger partial charge in [-0.15, -0.1) is 0 Å². The molecule has 2 aromatic heterocycles. The molecule has 0 spiro atoms. The van der Waals surface area contributed by atoms with Crippen LogP contribution in [0.4, 0.5) is 11.4 Å². The summed E-state index contributed by atoms with van der Waals surface area (Å²) in [4.78, 5) is 7.07. The SMILES string of the molecule is CC12CCCCC1(C)N(c1ccccc1)c1ccc(-n3c4ccccc4c4cnccc43)cc12. The van der Waals surface area contributed by atoms with Crippen LogP contribution in [0.3, 0.4) is 0 Å². The molecule has 1 aliphatic heterocycles. The predicted octanol–water partition coefficient (Wildman–Crippen LogP) is 7.92. The van der Waals surface area contributed by atoms with Crippen molar-refractivity contribution in [1.29, 1.82) is 0 Å². The molecule has 2 atom stereocenters. The van der Waals surface area contributed by atoms with Crippen molar-refractivity contribution < 1.29 is 0 Å². The number of benzene rings is 3. The van der Waals surface area contributed by atoms with E-state index in [0.717, 1.165) is 0 Å². The molecule has 0 bridgehead atoms. The number of hydrogen-bond donors (Lipinski definition) is 0. The van der Waals surface area contributed by atoms with E-state index in [2.05, 4.69) is 107 Å². The van der Waals surface area contributed by atoms with Gasteiger partial charge in [0.05, 0.1) is 16.6 Å². The topological polar surface area (TPSA) is 21.1 Å². The highest BCUT2D eigenvalue weighted by molar-refractivity contribution is 6.08. The van der Waals surface area contributed by atoms with Crippen LogP contribution in [0.1, 0.15) is 45.1 Å². The zero-order valence-corrected chi connectivity index (χ0v) is 19.8. The Morgan fingerprint density at radius 1 is 0.735 bits per heavy atom. The van der Waals surface area contributed by atoms with E-state index in [4.69, 9.17) is 0 Å². The summed E-state index contributed by atoms with van der Waals surface area (Å²) in [5, 5.41) is 2.46. The highest BCUT2D eigenvalue weighted by atomic mass is 15.3. The van der Waals surface area contributed by atoms with Crippen LogP contribution >= 0.6 is 0 Å². The van der Waals surface area contributed by atoms with Crippen molar-refractivity contribution in [2.45, 2.75) is 50.5 Å². The maximum atomic E-state index is 4.43. The van der Waals surface area contributed by atoms with Crippen molar-refractivity contribution in [3.05, 3.63) is 96.8 Å². The predicted molar refractivity (Wildman–Crippen MR) is 141 cm³/mol. The highest BCUT2D eigenvalue weighted by Gasteiger charge is 2.57. The summed E-state index contributed by atoms with van der Waals surface area (Å²) >= 11 is 0. The van der Waals surface area contributed by atoms with Crippen molar-refractivity contribution in [2.75, 3.05) is 4.90 Å². The smallest absolute Gasteiger partial charge is 0.0571 e. The van der Waals surface area contributed by atoms with Gasteiger partial charge in [0.15, 0.2) is 0 Å². The molecule has 2 unspecified atom stereocenters. The molecule has 0 saturated heterocycles. The summed E-state index contributed by atoms with van der Waals surface area (Å²) in [7, 11) is 0. The minimum Gasteiger partial charge on any atom is -0.334 e. The zero-order chi connectivity index (χ0) is 22.9. The summed E-state index contributed by atoms with van der Waals surface area (Å²) in [5.41, 5.74) is 8.00. The lowest BCUT2D eigenvalue weighted by Gasteiger charge is -2.50. The average Bonchev–Trinajstić information content (AvgIpc) is 3.31. The Bertz CT molecular complexity index is 1500. The maximum absolute atomic E-state index is 4.43. The summed E-state index contributed by atoms with van der Waals surface area (Å²) in [6.45, 7) is 5.00. The normalized spacial score (nSPS) is 23.9. The molecule has 34 heavy (non-hydrogen) atoms. The van der Waals surface area contributed by atoms with Gasteiger partial charge in [-0.2, -0.15) is 0 Å². The summed E-state index contributed by atoms with van der Waals surface area (Å²) in [6, 6.07) is 29.0. The van der Waals surface area contributed by atoms with Crippen molar-refractivity contribution >= 4 is 33.2 Å². The Morgan fingerprint density at radius 2 is 1.50 bits per heavy atom. The Labute approximate surface area is 200 Å². The second-order valence-corrected chi connectivity index (χ2v) is 10.4. The van der Waals surface area contributed by atoms with Gasteiger partial charge < -0.3 is 9.47 Å².